The third-order valence-electron chi connectivity index (χ3n) is 4.42. The van der Waals surface area contributed by atoms with Gasteiger partial charge in [-0.05, 0) is 43.5 Å². The molecular weight excluding hydrogens is 284 g/mol. The van der Waals surface area contributed by atoms with Crippen LogP contribution in [-0.2, 0) is 0 Å². The molecule has 1 saturated heterocycles. The molecule has 0 N–H and O–H groups in total. The van der Waals surface area contributed by atoms with Gasteiger partial charge >= 0.3 is 0 Å². The Kier molecular flexibility index (Phi) is 7.52. The van der Waals surface area contributed by atoms with Gasteiger partial charge in [0.25, 0.3) is 0 Å². The van der Waals surface area contributed by atoms with E-state index in [1.807, 2.05) is 18.2 Å². The van der Waals surface area contributed by atoms with Gasteiger partial charge in [0.15, 0.2) is 0 Å². The van der Waals surface area contributed by atoms with Gasteiger partial charge in [-0.15, -0.1) is 0 Å². The summed E-state index contributed by atoms with van der Waals surface area (Å²) >= 11 is 0. The average Bonchev–Trinajstić information content (AvgIpc) is 3.05. The maximum Gasteiger partial charge on any atom is 0.0720 e. The van der Waals surface area contributed by atoms with Crippen LogP contribution in [-0.4, -0.2) is 30.1 Å². The molecule has 2 rings (SSSR count). The van der Waals surface area contributed by atoms with Crippen molar-refractivity contribution < 1.29 is 0 Å². The molecule has 0 saturated carbocycles. The minimum atomic E-state index is 0.267. The summed E-state index contributed by atoms with van der Waals surface area (Å²) in [6.07, 6.45) is 7.05. The molecule has 1 aliphatic heterocycles. The number of hydrogen-bond acceptors (Lipinski definition) is 2. The van der Waals surface area contributed by atoms with Crippen LogP contribution in [0.25, 0.3) is 10.4 Å². The molecule has 122 valence electrons. The molecule has 0 aliphatic carbocycles. The molecule has 2 atom stereocenters. The summed E-state index contributed by atoms with van der Waals surface area (Å²) in [7, 11) is 0. The van der Waals surface area contributed by atoms with Gasteiger partial charge in [-0.25, -0.2) is 0 Å². The van der Waals surface area contributed by atoms with Crippen LogP contribution in [0.1, 0.15) is 51.0 Å². The van der Waals surface area contributed by atoms with Gasteiger partial charge in [-0.2, -0.15) is 0 Å². The third kappa shape index (κ3) is 5.63. The van der Waals surface area contributed by atoms with Crippen molar-refractivity contribution in [2.75, 3.05) is 13.1 Å². The molecule has 0 amide bonds. The standard InChI is InChI=1S/C19H26N4/c1-2-3-5-11-18(14-13-17-9-6-4-7-10-17)23-15-8-12-19(23)16-21-22-20/h4,6-7,9-10,18-19H,2-3,5,8,11-12,15-16H2,1H3/t18-,19-/m0/s1. The summed E-state index contributed by atoms with van der Waals surface area (Å²) in [4.78, 5) is 5.38. The highest BCUT2D eigenvalue weighted by atomic mass is 15.2. The topological polar surface area (TPSA) is 52.0 Å². The van der Waals surface area contributed by atoms with Gasteiger partial charge in [-0.3, -0.25) is 4.90 Å². The second-order valence-corrected chi connectivity index (χ2v) is 6.09. The first kappa shape index (κ1) is 17.4. The van der Waals surface area contributed by atoms with Crippen LogP contribution in [0.2, 0.25) is 0 Å². The number of azide groups is 1. The Morgan fingerprint density at radius 1 is 1.35 bits per heavy atom. The van der Waals surface area contributed by atoms with E-state index < -0.39 is 0 Å². The lowest BCUT2D eigenvalue weighted by molar-refractivity contribution is 0.209. The van der Waals surface area contributed by atoms with Gasteiger partial charge in [0.05, 0.1) is 6.04 Å². The number of likely N-dealkylation sites (tertiary alicyclic amines) is 1. The van der Waals surface area contributed by atoms with Gasteiger partial charge in [0.2, 0.25) is 0 Å². The lowest BCUT2D eigenvalue weighted by Gasteiger charge is -2.29. The molecule has 1 aliphatic rings. The minimum Gasteiger partial charge on any atom is -0.287 e. The van der Waals surface area contributed by atoms with Crippen LogP contribution >= 0.6 is 0 Å². The zero-order valence-corrected chi connectivity index (χ0v) is 14.0. The first-order valence-electron chi connectivity index (χ1n) is 8.68. The number of nitrogens with zero attached hydrogens (tertiary/aromatic N) is 4. The monoisotopic (exact) mass is 310 g/mol. The van der Waals surface area contributed by atoms with E-state index in [2.05, 4.69) is 45.8 Å². The van der Waals surface area contributed by atoms with Crippen LogP contribution in [0.15, 0.2) is 35.4 Å². The fourth-order valence-electron chi connectivity index (χ4n) is 3.19. The Hall–Kier alpha value is -1.95. The van der Waals surface area contributed by atoms with Gasteiger partial charge < -0.3 is 0 Å². The number of hydrogen-bond donors (Lipinski definition) is 0. The molecule has 0 bridgehead atoms. The van der Waals surface area contributed by atoms with E-state index in [1.165, 1.54) is 25.7 Å². The number of benzene rings is 1. The first-order chi connectivity index (χ1) is 11.3. The molecule has 0 aromatic heterocycles. The second kappa shape index (κ2) is 9.94. The largest absolute Gasteiger partial charge is 0.287 e. The molecule has 1 aromatic rings. The predicted molar refractivity (Wildman–Crippen MR) is 95.0 cm³/mol. The first-order valence-corrected chi connectivity index (χ1v) is 8.68. The molecular formula is C19H26N4. The summed E-state index contributed by atoms with van der Waals surface area (Å²) in [5, 5.41) is 3.79. The van der Waals surface area contributed by atoms with Gasteiger partial charge in [0.1, 0.15) is 0 Å². The molecule has 1 heterocycles. The fraction of sp³-hybridized carbons (Fsp3) is 0.579. The van der Waals surface area contributed by atoms with Crippen molar-refractivity contribution in [2.45, 2.75) is 57.5 Å². The van der Waals surface area contributed by atoms with E-state index in [9.17, 15) is 0 Å². The predicted octanol–water partition coefficient (Wildman–Crippen LogP) is 4.76. The molecule has 1 fully saturated rings. The third-order valence-corrected chi connectivity index (χ3v) is 4.42. The Bertz CT molecular complexity index is 566. The molecule has 0 spiro atoms. The van der Waals surface area contributed by atoms with E-state index in [0.29, 0.717) is 12.6 Å². The molecule has 1 aromatic carbocycles. The smallest absolute Gasteiger partial charge is 0.0720 e. The zero-order valence-electron chi connectivity index (χ0n) is 14.0. The highest BCUT2D eigenvalue weighted by molar-refractivity contribution is 5.35. The van der Waals surface area contributed by atoms with Gasteiger partial charge in [-0.1, -0.05) is 61.3 Å². The minimum absolute atomic E-state index is 0.267. The second-order valence-electron chi connectivity index (χ2n) is 6.09. The fourth-order valence-corrected chi connectivity index (χ4v) is 3.19. The van der Waals surface area contributed by atoms with E-state index in [4.69, 9.17) is 5.53 Å². The summed E-state index contributed by atoms with van der Waals surface area (Å²) < 4.78 is 0. The maximum absolute atomic E-state index is 8.59. The van der Waals surface area contributed by atoms with Crippen molar-refractivity contribution in [1.29, 1.82) is 0 Å². The Balaban J connectivity index is 2.09. The van der Waals surface area contributed by atoms with Crippen LogP contribution < -0.4 is 0 Å². The van der Waals surface area contributed by atoms with Crippen LogP contribution in [0.4, 0.5) is 0 Å². The van der Waals surface area contributed by atoms with Crippen LogP contribution in [0.5, 0.6) is 0 Å². The van der Waals surface area contributed by atoms with E-state index >= 15 is 0 Å². The van der Waals surface area contributed by atoms with E-state index in [0.717, 1.165) is 24.9 Å². The maximum atomic E-state index is 8.59. The lowest BCUT2D eigenvalue weighted by Crippen LogP contribution is -2.39. The van der Waals surface area contributed by atoms with Crippen molar-refractivity contribution >= 4 is 0 Å². The van der Waals surface area contributed by atoms with Crippen LogP contribution in [0, 0.1) is 11.8 Å². The zero-order chi connectivity index (χ0) is 16.3. The van der Waals surface area contributed by atoms with Gasteiger partial charge in [0, 0.05) is 23.1 Å². The lowest BCUT2D eigenvalue weighted by atomic mass is 10.1. The molecule has 0 unspecified atom stereocenters. The SMILES string of the molecule is CCCCC[C@@H](C#Cc1ccccc1)N1CCC[C@H]1CN=[N+]=[N-]. The molecule has 0 radical (unpaired) electrons. The van der Waals surface area contributed by atoms with Crippen molar-refractivity contribution in [1.82, 2.24) is 4.90 Å². The molecule has 23 heavy (non-hydrogen) atoms. The summed E-state index contributed by atoms with van der Waals surface area (Å²) in [5.74, 6) is 6.81. The average molecular weight is 310 g/mol. The van der Waals surface area contributed by atoms with Crippen molar-refractivity contribution in [2.24, 2.45) is 5.11 Å². The van der Waals surface area contributed by atoms with E-state index in [-0.39, 0.29) is 6.04 Å². The number of rotatable bonds is 7. The summed E-state index contributed by atoms with van der Waals surface area (Å²) in [6, 6.07) is 10.8. The summed E-state index contributed by atoms with van der Waals surface area (Å²) in [5.41, 5.74) is 9.66. The Morgan fingerprint density at radius 2 is 2.17 bits per heavy atom. The quantitative estimate of drug-likeness (QED) is 0.235. The number of unbranched alkanes of at least 4 members (excludes halogenated alkanes) is 2. The Morgan fingerprint density at radius 3 is 2.91 bits per heavy atom. The Labute approximate surface area is 139 Å². The highest BCUT2D eigenvalue weighted by Gasteiger charge is 2.28. The van der Waals surface area contributed by atoms with Crippen LogP contribution in [0.3, 0.4) is 0 Å². The highest BCUT2D eigenvalue weighted by Crippen LogP contribution is 2.23. The summed E-state index contributed by atoms with van der Waals surface area (Å²) in [6.45, 7) is 3.85. The molecule has 4 nitrogen and oxygen atoms in total. The van der Waals surface area contributed by atoms with Crippen molar-refractivity contribution in [3.63, 3.8) is 0 Å². The normalized spacial score (nSPS) is 18.7. The molecule has 4 heteroatoms. The van der Waals surface area contributed by atoms with Crippen molar-refractivity contribution in [3.05, 3.63) is 46.3 Å². The van der Waals surface area contributed by atoms with Crippen molar-refractivity contribution in [3.8, 4) is 11.8 Å². The van der Waals surface area contributed by atoms with E-state index in [1.54, 1.807) is 0 Å².